The number of nitrogens with zero attached hydrogens (tertiary/aromatic N) is 4. The first-order valence-electron chi connectivity index (χ1n) is 9.38. The molecule has 9 heteroatoms. The van der Waals surface area contributed by atoms with Crippen LogP contribution in [0.1, 0.15) is 49.1 Å². The second-order valence-electron chi connectivity index (χ2n) is 7.49. The van der Waals surface area contributed by atoms with E-state index in [1.165, 1.54) is 23.0 Å². The Balaban J connectivity index is 1.80. The van der Waals surface area contributed by atoms with Gasteiger partial charge in [0, 0.05) is 18.3 Å². The lowest BCUT2D eigenvalue weighted by molar-refractivity contribution is 0.146. The highest BCUT2D eigenvalue weighted by Crippen LogP contribution is 2.47. The minimum absolute atomic E-state index is 0.0549. The number of fused-ring (bicyclic) bond motifs is 1. The average molecular weight is 413 g/mol. The van der Waals surface area contributed by atoms with Crippen LogP contribution < -0.4 is 10.9 Å². The van der Waals surface area contributed by atoms with E-state index in [1.807, 2.05) is 0 Å². The number of nitriles is 1. The molecule has 30 heavy (non-hydrogen) atoms. The summed E-state index contributed by atoms with van der Waals surface area (Å²) in [6, 6.07) is 7.10. The van der Waals surface area contributed by atoms with Crippen LogP contribution in [-0.4, -0.2) is 14.5 Å². The van der Waals surface area contributed by atoms with E-state index in [2.05, 4.69) is 21.4 Å². The lowest BCUT2D eigenvalue weighted by Gasteiger charge is -2.19. The number of rotatable bonds is 5. The number of nitrogens with one attached hydrogen (secondary N) is 1. The maximum absolute atomic E-state index is 14.5. The summed E-state index contributed by atoms with van der Waals surface area (Å²) in [6.07, 6.45) is -0.410. The fourth-order valence-electron chi connectivity index (χ4n) is 3.68. The molecule has 0 saturated heterocycles. The molecule has 3 aromatic rings. The quantitative estimate of drug-likeness (QED) is 0.680. The molecule has 1 atom stereocenters. The van der Waals surface area contributed by atoms with Gasteiger partial charge in [0.1, 0.15) is 23.5 Å². The van der Waals surface area contributed by atoms with Crippen LogP contribution in [0.5, 0.6) is 0 Å². The molecule has 2 heterocycles. The van der Waals surface area contributed by atoms with Crippen molar-refractivity contribution in [2.45, 2.75) is 37.6 Å². The molecule has 1 aliphatic carbocycles. The molecule has 1 aromatic carbocycles. The summed E-state index contributed by atoms with van der Waals surface area (Å²) in [5.74, 6) is -0.717. The monoisotopic (exact) mass is 413 g/mol. The van der Waals surface area contributed by atoms with Gasteiger partial charge in [0.25, 0.3) is 12.0 Å². The predicted octanol–water partition coefficient (Wildman–Crippen LogP) is 4.13. The summed E-state index contributed by atoms with van der Waals surface area (Å²) in [5.41, 5.74) is -0.972. The molecule has 4 rings (SSSR count). The molecule has 0 unspecified atom stereocenters. The molecule has 0 aliphatic heterocycles. The van der Waals surface area contributed by atoms with Gasteiger partial charge < -0.3 is 9.88 Å². The van der Waals surface area contributed by atoms with Crippen molar-refractivity contribution < 1.29 is 13.2 Å². The van der Waals surface area contributed by atoms with Gasteiger partial charge in [-0.3, -0.25) is 4.79 Å². The number of anilines is 1. The highest BCUT2D eigenvalue weighted by atomic mass is 19.3. The second kappa shape index (κ2) is 7.13. The Kier molecular flexibility index (Phi) is 4.73. The van der Waals surface area contributed by atoms with Crippen molar-refractivity contribution in [3.63, 3.8) is 0 Å². The molecule has 1 fully saturated rings. The highest BCUT2D eigenvalue weighted by Gasteiger charge is 2.47. The van der Waals surface area contributed by atoms with Crippen molar-refractivity contribution in [3.8, 4) is 6.07 Å². The van der Waals surface area contributed by atoms with Gasteiger partial charge in [-0.2, -0.15) is 5.26 Å². The van der Waals surface area contributed by atoms with E-state index in [9.17, 15) is 23.2 Å². The van der Waals surface area contributed by atoms with Crippen LogP contribution in [-0.2, 0) is 12.5 Å². The molecule has 0 spiro atoms. The van der Waals surface area contributed by atoms with Gasteiger partial charge in [-0.15, -0.1) is 0 Å². The zero-order chi connectivity index (χ0) is 21.6. The lowest BCUT2D eigenvalue weighted by Crippen LogP contribution is -2.26. The third-order valence-corrected chi connectivity index (χ3v) is 5.60. The number of alkyl halides is 2. The van der Waals surface area contributed by atoms with Gasteiger partial charge in [0.15, 0.2) is 0 Å². The number of benzene rings is 1. The summed E-state index contributed by atoms with van der Waals surface area (Å²) >= 11 is 0. The molecule has 1 saturated carbocycles. The molecule has 1 N–H and O–H groups in total. The standard InChI is InChI=1S/C21H18F3N5O/c1-11(12-4-3-5-13(16(12)22)18(23)24)28-19-14-8-15(21(9-25)6-7-21)29(2)20(30)17(14)26-10-27-19/h3-5,8,10-11,18H,6-7H2,1-2H3,(H,26,27,28)/t11-/m1/s1. The van der Waals surface area contributed by atoms with E-state index in [0.717, 1.165) is 6.07 Å². The second-order valence-corrected chi connectivity index (χ2v) is 7.49. The summed E-state index contributed by atoms with van der Waals surface area (Å²) in [6.45, 7) is 1.61. The predicted molar refractivity (Wildman–Crippen MR) is 105 cm³/mol. The maximum atomic E-state index is 14.5. The molecule has 0 bridgehead atoms. The van der Waals surface area contributed by atoms with E-state index < -0.39 is 29.3 Å². The van der Waals surface area contributed by atoms with Crippen LogP contribution in [0, 0.1) is 17.1 Å². The lowest BCUT2D eigenvalue weighted by atomic mass is 10.0. The largest absolute Gasteiger partial charge is 0.363 e. The third kappa shape index (κ3) is 3.09. The molecule has 154 valence electrons. The first-order chi connectivity index (χ1) is 14.3. The van der Waals surface area contributed by atoms with Crippen LogP contribution in [0.2, 0.25) is 0 Å². The summed E-state index contributed by atoms with van der Waals surface area (Å²) in [5, 5.41) is 12.9. The molecular formula is C21H18F3N5O. The first kappa shape index (κ1) is 19.9. The highest BCUT2D eigenvalue weighted by molar-refractivity contribution is 5.89. The molecule has 0 amide bonds. The fourth-order valence-corrected chi connectivity index (χ4v) is 3.68. The Morgan fingerprint density at radius 2 is 1.97 bits per heavy atom. The van der Waals surface area contributed by atoms with Crippen molar-refractivity contribution in [3.05, 3.63) is 63.6 Å². The third-order valence-electron chi connectivity index (χ3n) is 5.60. The summed E-state index contributed by atoms with van der Waals surface area (Å²) < 4.78 is 42.0. The van der Waals surface area contributed by atoms with Crippen LogP contribution in [0.3, 0.4) is 0 Å². The minimum Gasteiger partial charge on any atom is -0.363 e. The smallest absolute Gasteiger partial charge is 0.277 e. The molecule has 0 radical (unpaired) electrons. The number of pyridine rings is 1. The summed E-state index contributed by atoms with van der Waals surface area (Å²) in [7, 11) is 1.59. The number of halogens is 3. The zero-order valence-corrected chi connectivity index (χ0v) is 16.3. The Morgan fingerprint density at radius 3 is 2.60 bits per heavy atom. The van der Waals surface area contributed by atoms with Gasteiger partial charge in [0.2, 0.25) is 0 Å². The van der Waals surface area contributed by atoms with Gasteiger partial charge in [-0.1, -0.05) is 18.2 Å². The van der Waals surface area contributed by atoms with Gasteiger partial charge >= 0.3 is 0 Å². The molecule has 6 nitrogen and oxygen atoms in total. The van der Waals surface area contributed by atoms with Gasteiger partial charge in [0.05, 0.1) is 28.5 Å². The Bertz CT molecular complexity index is 1240. The number of hydrogen-bond acceptors (Lipinski definition) is 5. The minimum atomic E-state index is -2.93. The van der Waals surface area contributed by atoms with Crippen molar-refractivity contribution in [2.24, 2.45) is 7.05 Å². The maximum Gasteiger partial charge on any atom is 0.277 e. The Hall–Kier alpha value is -3.41. The zero-order valence-electron chi connectivity index (χ0n) is 16.3. The van der Waals surface area contributed by atoms with E-state index in [1.54, 1.807) is 20.0 Å². The van der Waals surface area contributed by atoms with E-state index in [-0.39, 0.29) is 22.5 Å². The van der Waals surface area contributed by atoms with E-state index in [4.69, 9.17) is 0 Å². The number of hydrogen-bond donors (Lipinski definition) is 1. The normalized spacial score (nSPS) is 15.8. The Morgan fingerprint density at radius 1 is 1.27 bits per heavy atom. The molecular weight excluding hydrogens is 395 g/mol. The van der Waals surface area contributed by atoms with E-state index in [0.29, 0.717) is 23.9 Å². The SMILES string of the molecule is C[C@@H](Nc1ncnc2c(=O)n(C)c(C3(C#N)CC3)cc12)c1cccc(C(F)F)c1F. The van der Waals surface area contributed by atoms with Gasteiger partial charge in [-0.25, -0.2) is 23.1 Å². The fraction of sp³-hybridized carbons (Fsp3) is 0.333. The molecule has 2 aromatic heterocycles. The molecule has 1 aliphatic rings. The van der Waals surface area contributed by atoms with Crippen LogP contribution in [0.25, 0.3) is 10.9 Å². The number of aromatic nitrogens is 3. The van der Waals surface area contributed by atoms with Gasteiger partial charge in [-0.05, 0) is 25.8 Å². The van der Waals surface area contributed by atoms with Crippen molar-refractivity contribution in [1.29, 1.82) is 5.26 Å². The first-order valence-corrected chi connectivity index (χ1v) is 9.38. The van der Waals surface area contributed by atoms with Crippen LogP contribution in [0.15, 0.2) is 35.4 Å². The van der Waals surface area contributed by atoms with E-state index >= 15 is 0 Å². The summed E-state index contributed by atoms with van der Waals surface area (Å²) in [4.78, 5) is 21.1. The Labute approximate surface area is 170 Å². The van der Waals surface area contributed by atoms with Crippen LogP contribution in [0.4, 0.5) is 19.0 Å². The van der Waals surface area contributed by atoms with Crippen molar-refractivity contribution >= 4 is 16.7 Å². The van der Waals surface area contributed by atoms with Crippen LogP contribution >= 0.6 is 0 Å². The van der Waals surface area contributed by atoms with Crippen molar-refractivity contribution in [1.82, 2.24) is 14.5 Å². The van der Waals surface area contributed by atoms with Crippen molar-refractivity contribution in [2.75, 3.05) is 5.32 Å². The topological polar surface area (TPSA) is 83.6 Å². The average Bonchev–Trinajstić information content (AvgIpc) is 3.52.